The molecule has 1 aromatic carbocycles. The van der Waals surface area contributed by atoms with E-state index in [2.05, 4.69) is 43.0 Å². The lowest BCUT2D eigenvalue weighted by molar-refractivity contribution is 0.122. The zero-order valence-corrected chi connectivity index (χ0v) is 9.57. The lowest BCUT2D eigenvalue weighted by Crippen LogP contribution is -2.36. The Balaban J connectivity index is 0.00000128. The van der Waals surface area contributed by atoms with Gasteiger partial charge < -0.3 is 9.64 Å². The quantitative estimate of drug-likeness (QED) is 0.760. The van der Waals surface area contributed by atoms with Crippen molar-refractivity contribution in [3.05, 3.63) is 29.8 Å². The molecule has 0 aliphatic carbocycles. The number of ether oxygens (including phenoxy) is 1. The van der Waals surface area contributed by atoms with E-state index >= 15 is 0 Å². The van der Waals surface area contributed by atoms with Gasteiger partial charge in [-0.05, 0) is 23.6 Å². The van der Waals surface area contributed by atoms with Gasteiger partial charge in [0, 0.05) is 18.8 Å². The highest BCUT2D eigenvalue weighted by atomic mass is 16.5. The van der Waals surface area contributed by atoms with Crippen LogP contribution < -0.4 is 4.90 Å². The van der Waals surface area contributed by atoms with Crippen molar-refractivity contribution in [1.29, 1.82) is 0 Å². The number of nitrogens with zero attached hydrogens (tertiary/aromatic N) is 1. The summed E-state index contributed by atoms with van der Waals surface area (Å²) in [6.45, 7) is 8.19. The molecule has 1 aliphatic heterocycles. The van der Waals surface area contributed by atoms with Gasteiger partial charge in [-0.3, -0.25) is 0 Å². The van der Waals surface area contributed by atoms with Crippen LogP contribution >= 0.6 is 0 Å². The highest BCUT2D eigenvalue weighted by Crippen LogP contribution is 2.20. The van der Waals surface area contributed by atoms with Crippen LogP contribution in [-0.4, -0.2) is 26.3 Å². The summed E-state index contributed by atoms with van der Waals surface area (Å²) in [6.07, 6.45) is 0. The Morgan fingerprint density at radius 2 is 1.62 bits per heavy atom. The standard InChI is InChI=1S/C13H19NO.CH4/c1-11(2)12-3-5-13(6-4-12)14-7-9-15-10-8-14;/h3-6,11H,7-10H2,1-2H3;1H4. The molecule has 0 radical (unpaired) electrons. The average Bonchev–Trinajstić information content (AvgIpc) is 2.30. The molecule has 0 aromatic heterocycles. The third-order valence-corrected chi connectivity index (χ3v) is 2.94. The van der Waals surface area contributed by atoms with Crippen molar-refractivity contribution in [3.63, 3.8) is 0 Å². The molecular weight excluding hydrogens is 198 g/mol. The summed E-state index contributed by atoms with van der Waals surface area (Å²) in [6, 6.07) is 8.91. The van der Waals surface area contributed by atoms with E-state index in [9.17, 15) is 0 Å². The van der Waals surface area contributed by atoms with Crippen LogP contribution in [-0.2, 0) is 4.74 Å². The molecule has 0 bridgehead atoms. The second kappa shape index (κ2) is 5.90. The Morgan fingerprint density at radius 3 is 2.12 bits per heavy atom. The molecule has 0 unspecified atom stereocenters. The smallest absolute Gasteiger partial charge is 0.0642 e. The van der Waals surface area contributed by atoms with Crippen LogP contribution in [0.1, 0.15) is 32.8 Å². The van der Waals surface area contributed by atoms with Crippen LogP contribution in [0.15, 0.2) is 24.3 Å². The molecular formula is C14H23NO. The maximum Gasteiger partial charge on any atom is 0.0642 e. The van der Waals surface area contributed by atoms with Crippen LogP contribution in [0, 0.1) is 0 Å². The largest absolute Gasteiger partial charge is 0.378 e. The summed E-state index contributed by atoms with van der Waals surface area (Å²) in [5.41, 5.74) is 2.73. The minimum atomic E-state index is 0. The van der Waals surface area contributed by atoms with E-state index in [0.29, 0.717) is 5.92 Å². The third-order valence-electron chi connectivity index (χ3n) is 2.94. The van der Waals surface area contributed by atoms with E-state index in [1.807, 2.05) is 0 Å². The van der Waals surface area contributed by atoms with E-state index in [1.165, 1.54) is 11.3 Å². The molecule has 0 amide bonds. The molecule has 1 fully saturated rings. The van der Waals surface area contributed by atoms with Gasteiger partial charge in [0.2, 0.25) is 0 Å². The molecule has 1 saturated heterocycles. The number of benzene rings is 1. The van der Waals surface area contributed by atoms with Crippen molar-refractivity contribution in [2.24, 2.45) is 0 Å². The zero-order valence-electron chi connectivity index (χ0n) is 9.57. The lowest BCUT2D eigenvalue weighted by Gasteiger charge is -2.29. The van der Waals surface area contributed by atoms with Crippen molar-refractivity contribution in [2.75, 3.05) is 31.2 Å². The summed E-state index contributed by atoms with van der Waals surface area (Å²) in [7, 11) is 0. The molecule has 90 valence electrons. The van der Waals surface area contributed by atoms with Gasteiger partial charge in [-0.1, -0.05) is 33.4 Å². The Labute approximate surface area is 99.2 Å². The van der Waals surface area contributed by atoms with Gasteiger partial charge in [-0.2, -0.15) is 0 Å². The molecule has 2 heteroatoms. The molecule has 0 spiro atoms. The molecule has 2 rings (SSSR count). The van der Waals surface area contributed by atoms with Crippen molar-refractivity contribution < 1.29 is 4.74 Å². The van der Waals surface area contributed by atoms with Crippen LogP contribution in [0.2, 0.25) is 0 Å². The molecule has 2 nitrogen and oxygen atoms in total. The summed E-state index contributed by atoms with van der Waals surface area (Å²) in [5.74, 6) is 0.615. The van der Waals surface area contributed by atoms with E-state index in [0.717, 1.165) is 26.3 Å². The van der Waals surface area contributed by atoms with Crippen molar-refractivity contribution in [1.82, 2.24) is 0 Å². The van der Waals surface area contributed by atoms with Gasteiger partial charge >= 0.3 is 0 Å². The fourth-order valence-electron chi connectivity index (χ4n) is 1.89. The van der Waals surface area contributed by atoms with E-state index in [-0.39, 0.29) is 7.43 Å². The van der Waals surface area contributed by atoms with E-state index in [1.54, 1.807) is 0 Å². The van der Waals surface area contributed by atoms with Crippen LogP contribution in [0.5, 0.6) is 0 Å². The molecule has 0 N–H and O–H groups in total. The number of anilines is 1. The molecule has 1 aromatic rings. The molecule has 0 saturated carbocycles. The predicted molar refractivity (Wildman–Crippen MR) is 70.3 cm³/mol. The Morgan fingerprint density at radius 1 is 1.06 bits per heavy atom. The normalized spacial score (nSPS) is 16.1. The molecule has 1 heterocycles. The van der Waals surface area contributed by atoms with Gasteiger partial charge in [-0.25, -0.2) is 0 Å². The fourth-order valence-corrected chi connectivity index (χ4v) is 1.89. The van der Waals surface area contributed by atoms with Gasteiger partial charge in [0.15, 0.2) is 0 Å². The molecule has 16 heavy (non-hydrogen) atoms. The van der Waals surface area contributed by atoms with Crippen LogP contribution in [0.4, 0.5) is 5.69 Å². The lowest BCUT2D eigenvalue weighted by atomic mass is 10.0. The minimum Gasteiger partial charge on any atom is -0.378 e. The topological polar surface area (TPSA) is 12.5 Å². The fraction of sp³-hybridized carbons (Fsp3) is 0.571. The first-order valence-corrected chi connectivity index (χ1v) is 5.70. The first-order valence-electron chi connectivity index (χ1n) is 5.70. The zero-order chi connectivity index (χ0) is 10.7. The van der Waals surface area contributed by atoms with Gasteiger partial charge in [0.05, 0.1) is 13.2 Å². The van der Waals surface area contributed by atoms with E-state index in [4.69, 9.17) is 4.74 Å². The van der Waals surface area contributed by atoms with Crippen molar-refractivity contribution >= 4 is 5.69 Å². The second-order valence-electron chi connectivity index (χ2n) is 4.35. The highest BCUT2D eigenvalue weighted by Gasteiger charge is 2.10. The van der Waals surface area contributed by atoms with E-state index < -0.39 is 0 Å². The summed E-state index contributed by atoms with van der Waals surface area (Å²) in [4.78, 5) is 2.38. The van der Waals surface area contributed by atoms with Crippen molar-refractivity contribution in [2.45, 2.75) is 27.2 Å². The SMILES string of the molecule is C.CC(C)c1ccc(N2CCOCC2)cc1. The maximum atomic E-state index is 5.34. The first kappa shape index (κ1) is 13.0. The van der Waals surface area contributed by atoms with Crippen LogP contribution in [0.3, 0.4) is 0 Å². The number of rotatable bonds is 2. The summed E-state index contributed by atoms with van der Waals surface area (Å²) < 4.78 is 5.34. The number of hydrogen-bond donors (Lipinski definition) is 0. The van der Waals surface area contributed by atoms with Crippen molar-refractivity contribution in [3.8, 4) is 0 Å². The summed E-state index contributed by atoms with van der Waals surface area (Å²) >= 11 is 0. The molecule has 0 atom stereocenters. The van der Waals surface area contributed by atoms with Gasteiger partial charge in [0.25, 0.3) is 0 Å². The van der Waals surface area contributed by atoms with Gasteiger partial charge in [0.1, 0.15) is 0 Å². The molecule has 1 aliphatic rings. The number of hydrogen-bond acceptors (Lipinski definition) is 2. The average molecular weight is 221 g/mol. The summed E-state index contributed by atoms with van der Waals surface area (Å²) in [5, 5.41) is 0. The maximum absolute atomic E-state index is 5.34. The first-order chi connectivity index (χ1) is 7.27. The number of morpholine rings is 1. The second-order valence-corrected chi connectivity index (χ2v) is 4.35. The Hall–Kier alpha value is -1.02. The Bertz CT molecular complexity index is 299. The highest BCUT2D eigenvalue weighted by molar-refractivity contribution is 5.48. The Kier molecular flexibility index (Phi) is 4.81. The van der Waals surface area contributed by atoms with Gasteiger partial charge in [-0.15, -0.1) is 0 Å². The van der Waals surface area contributed by atoms with Crippen LogP contribution in [0.25, 0.3) is 0 Å². The third kappa shape index (κ3) is 2.99. The monoisotopic (exact) mass is 221 g/mol. The minimum absolute atomic E-state index is 0. The predicted octanol–water partition coefficient (Wildman–Crippen LogP) is 3.28.